The zero-order valence-corrected chi connectivity index (χ0v) is 26.4. The molecule has 0 saturated heterocycles. The minimum Gasteiger partial charge on any atom is -0.871 e. The van der Waals surface area contributed by atoms with Crippen LogP contribution in [0.15, 0.2) is 52.1 Å². The van der Waals surface area contributed by atoms with Crippen LogP contribution in [0.2, 0.25) is 0 Å². The number of hydrogen-bond donors (Lipinski definition) is 0. The van der Waals surface area contributed by atoms with Gasteiger partial charge in [-0.2, -0.15) is 0 Å². The first-order chi connectivity index (χ1) is 14.3. The van der Waals surface area contributed by atoms with Crippen molar-refractivity contribution in [1.82, 2.24) is 0 Å². The van der Waals surface area contributed by atoms with E-state index in [-0.39, 0.29) is 28.6 Å². The van der Waals surface area contributed by atoms with Gasteiger partial charge in [-0.1, -0.05) is 107 Å². The Hall–Kier alpha value is 0.779. The average molecular weight is 861 g/mol. The van der Waals surface area contributed by atoms with E-state index in [0.717, 1.165) is 45.5 Å². The molecular formula is C20H18Br6CuN2O2. The molecule has 0 N–H and O–H groups in total. The van der Waals surface area contributed by atoms with Crippen LogP contribution in [0.1, 0.15) is 24.0 Å². The van der Waals surface area contributed by atoms with Gasteiger partial charge in [-0.3, -0.25) is 9.98 Å². The van der Waals surface area contributed by atoms with Crippen LogP contribution in [0.5, 0.6) is 11.5 Å². The van der Waals surface area contributed by atoms with Gasteiger partial charge in [0.1, 0.15) is 0 Å². The van der Waals surface area contributed by atoms with Gasteiger partial charge in [0.2, 0.25) is 0 Å². The quantitative estimate of drug-likeness (QED) is 0.125. The van der Waals surface area contributed by atoms with E-state index < -0.39 is 0 Å². The molecule has 11 heteroatoms. The summed E-state index contributed by atoms with van der Waals surface area (Å²) >= 11 is 19.7. The summed E-state index contributed by atoms with van der Waals surface area (Å²) in [6, 6.07) is 7.01. The van der Waals surface area contributed by atoms with Gasteiger partial charge in [-0.05, 0) is 48.2 Å². The van der Waals surface area contributed by atoms with Crippen molar-refractivity contribution in [2.75, 3.05) is 23.7 Å². The predicted octanol–water partition coefficient (Wildman–Crippen LogP) is 6.98. The number of benzene rings is 2. The summed E-state index contributed by atoms with van der Waals surface area (Å²) in [6.07, 6.45) is 5.20. The topological polar surface area (TPSA) is 70.8 Å². The predicted molar refractivity (Wildman–Crippen MR) is 144 cm³/mol. The average Bonchev–Trinajstić information content (AvgIpc) is 2.70. The Morgan fingerprint density at radius 2 is 1.03 bits per heavy atom. The standard InChI is InChI=1S/2C10H10Br3NO.Cu/c2*11-2-1-3-14-6-7-4-8(12)5-9(13)10(7)15;/h2*4-6,15H,1-3H2;/q;;+2/p-2. The zero-order chi connectivity index (χ0) is 22.5. The van der Waals surface area contributed by atoms with Crippen molar-refractivity contribution in [2.45, 2.75) is 12.8 Å². The van der Waals surface area contributed by atoms with Gasteiger partial charge in [0.05, 0.1) is 0 Å². The van der Waals surface area contributed by atoms with Crippen LogP contribution in [0.3, 0.4) is 0 Å². The molecule has 0 fully saturated rings. The summed E-state index contributed by atoms with van der Waals surface area (Å²) in [5, 5.41) is 25.1. The molecule has 0 aromatic heterocycles. The third-order valence-corrected chi connectivity index (χ3v) is 6.59. The van der Waals surface area contributed by atoms with Crippen molar-refractivity contribution in [3.8, 4) is 11.5 Å². The number of hydrogen-bond acceptors (Lipinski definition) is 4. The van der Waals surface area contributed by atoms with Crippen molar-refractivity contribution in [3.63, 3.8) is 0 Å². The second-order valence-electron chi connectivity index (χ2n) is 5.77. The summed E-state index contributed by atoms with van der Waals surface area (Å²) < 4.78 is 2.85. The van der Waals surface area contributed by atoms with Crippen molar-refractivity contribution >= 4 is 108 Å². The van der Waals surface area contributed by atoms with Crippen molar-refractivity contribution < 1.29 is 27.3 Å². The molecule has 0 aliphatic heterocycles. The molecule has 2 aromatic carbocycles. The first-order valence-corrected chi connectivity index (χ1v) is 14.1. The summed E-state index contributed by atoms with van der Waals surface area (Å²) in [4.78, 5) is 8.36. The first-order valence-electron chi connectivity index (χ1n) is 8.73. The summed E-state index contributed by atoms with van der Waals surface area (Å²) in [7, 11) is 0. The largest absolute Gasteiger partial charge is 2.00 e. The number of nitrogens with zero attached hydrogens (tertiary/aromatic N) is 2. The fourth-order valence-corrected chi connectivity index (χ4v) is 5.00. The van der Waals surface area contributed by atoms with E-state index in [1.807, 2.05) is 0 Å². The van der Waals surface area contributed by atoms with Gasteiger partial charge >= 0.3 is 17.1 Å². The molecule has 0 spiro atoms. The molecule has 0 unspecified atom stereocenters. The van der Waals surface area contributed by atoms with Crippen molar-refractivity contribution in [3.05, 3.63) is 53.3 Å². The summed E-state index contributed by atoms with van der Waals surface area (Å²) in [5.74, 6) is -0.0541. The maximum absolute atomic E-state index is 11.6. The van der Waals surface area contributed by atoms with Gasteiger partial charge < -0.3 is 10.2 Å². The Balaban J connectivity index is 0.000000562. The first kappa shape index (κ1) is 31.8. The van der Waals surface area contributed by atoms with E-state index in [2.05, 4.69) is 106 Å². The Morgan fingerprint density at radius 3 is 1.35 bits per heavy atom. The van der Waals surface area contributed by atoms with Crippen LogP contribution in [0.25, 0.3) is 0 Å². The molecule has 2 rings (SSSR count). The molecule has 2 aromatic rings. The smallest absolute Gasteiger partial charge is 0.871 e. The van der Waals surface area contributed by atoms with Crippen LogP contribution in [0.4, 0.5) is 0 Å². The van der Waals surface area contributed by atoms with Crippen molar-refractivity contribution in [2.24, 2.45) is 9.98 Å². The van der Waals surface area contributed by atoms with Crippen LogP contribution >= 0.6 is 95.6 Å². The molecule has 0 atom stereocenters. The number of halogens is 6. The summed E-state index contributed by atoms with van der Waals surface area (Å²) in [6.45, 7) is 1.46. The monoisotopic (exact) mass is 855 g/mol. The number of rotatable bonds is 8. The molecule has 173 valence electrons. The minimum absolute atomic E-state index is 0. The maximum atomic E-state index is 11.6. The van der Waals surface area contributed by atoms with Gasteiger partial charge in [0.25, 0.3) is 0 Å². The Bertz CT molecular complexity index is 810. The van der Waals surface area contributed by atoms with Gasteiger partial charge in [0, 0.05) is 54.1 Å². The Morgan fingerprint density at radius 1 is 0.677 bits per heavy atom. The third kappa shape index (κ3) is 12.7. The van der Waals surface area contributed by atoms with E-state index >= 15 is 0 Å². The zero-order valence-electron chi connectivity index (χ0n) is 16.0. The minimum atomic E-state index is -0.0270. The van der Waals surface area contributed by atoms with Crippen LogP contribution in [-0.4, -0.2) is 36.2 Å². The molecule has 1 radical (unpaired) electrons. The third-order valence-electron chi connectivity index (χ3n) is 3.38. The number of alkyl halides is 2. The van der Waals surface area contributed by atoms with E-state index in [9.17, 15) is 10.2 Å². The molecule has 0 heterocycles. The fraction of sp³-hybridized carbons (Fsp3) is 0.300. The van der Waals surface area contributed by atoms with Gasteiger partial charge in [0.15, 0.2) is 0 Å². The van der Waals surface area contributed by atoms with Crippen LogP contribution in [-0.2, 0) is 17.1 Å². The van der Waals surface area contributed by atoms with Crippen LogP contribution in [0, 0.1) is 0 Å². The van der Waals surface area contributed by atoms with E-state index in [1.54, 1.807) is 36.7 Å². The fourth-order valence-electron chi connectivity index (χ4n) is 1.98. The molecular weight excluding hydrogens is 843 g/mol. The molecule has 0 aliphatic carbocycles. The van der Waals surface area contributed by atoms with Gasteiger partial charge in [-0.25, -0.2) is 0 Å². The summed E-state index contributed by atoms with van der Waals surface area (Å²) in [5.41, 5.74) is 1.21. The van der Waals surface area contributed by atoms with Crippen LogP contribution < -0.4 is 10.2 Å². The maximum Gasteiger partial charge on any atom is 2.00 e. The Labute approximate surface area is 244 Å². The van der Waals surface area contributed by atoms with E-state index in [4.69, 9.17) is 0 Å². The molecule has 0 aliphatic rings. The van der Waals surface area contributed by atoms with E-state index in [0.29, 0.717) is 20.1 Å². The number of aliphatic imine (C=N–C) groups is 2. The molecule has 0 bridgehead atoms. The van der Waals surface area contributed by atoms with E-state index in [1.165, 1.54) is 0 Å². The molecule has 31 heavy (non-hydrogen) atoms. The molecule has 4 nitrogen and oxygen atoms in total. The SMILES string of the molecule is [Cu+2].[O-]c1c(Br)cc(Br)cc1C=NCCCBr.[O-]c1c(Br)cc(Br)cc1C=NCCCBr. The normalized spacial score (nSPS) is 10.8. The second-order valence-corrected chi connectivity index (χ2v) is 10.9. The second kappa shape index (κ2) is 18.2. The molecule has 0 saturated carbocycles. The molecule has 0 amide bonds. The van der Waals surface area contributed by atoms with Crippen molar-refractivity contribution in [1.29, 1.82) is 0 Å². The Kier molecular flexibility index (Phi) is 18.6. The van der Waals surface area contributed by atoms with Gasteiger partial charge in [-0.15, -0.1) is 0 Å².